The molecule has 0 radical (unpaired) electrons. The summed E-state index contributed by atoms with van der Waals surface area (Å²) >= 11 is 2.96. The van der Waals surface area contributed by atoms with E-state index in [1.165, 1.54) is 22.7 Å². The molecule has 4 aromatic rings. The number of nitriles is 1. The molecule has 0 bridgehead atoms. The summed E-state index contributed by atoms with van der Waals surface area (Å²) < 4.78 is 0. The molecule has 0 unspecified atom stereocenters. The van der Waals surface area contributed by atoms with Crippen molar-refractivity contribution in [1.82, 2.24) is 15.0 Å². The van der Waals surface area contributed by atoms with Crippen LogP contribution in [-0.4, -0.2) is 15.0 Å². The number of nitrogens with zero attached hydrogens (tertiary/aromatic N) is 3. The topological polar surface area (TPSA) is 77.4 Å². The molecule has 25 heavy (non-hydrogen) atoms. The third kappa shape index (κ3) is 3.05. The molecule has 0 aliphatic carbocycles. The van der Waals surface area contributed by atoms with Gasteiger partial charge in [-0.05, 0) is 13.0 Å². The highest BCUT2D eigenvalue weighted by Gasteiger charge is 2.10. The number of hydrogen-bond acceptors (Lipinski definition) is 6. The lowest BCUT2D eigenvalue weighted by Gasteiger charge is -1.96. The fourth-order valence-electron chi connectivity index (χ4n) is 2.50. The molecule has 3 aromatic heterocycles. The summed E-state index contributed by atoms with van der Waals surface area (Å²) in [5, 5.41) is 19.0. The number of H-pyrrole nitrogens is 1. The average molecular weight is 363 g/mol. The van der Waals surface area contributed by atoms with Crippen LogP contribution < -0.4 is 5.32 Å². The third-order valence-corrected chi connectivity index (χ3v) is 5.45. The number of aromatic nitrogens is 3. The molecule has 3 heterocycles. The van der Waals surface area contributed by atoms with E-state index in [-0.39, 0.29) is 0 Å². The van der Waals surface area contributed by atoms with Crippen LogP contribution in [0.3, 0.4) is 0 Å². The number of aryl methyl sites for hydroxylation is 1. The van der Waals surface area contributed by atoms with Crippen LogP contribution in [0.25, 0.3) is 27.7 Å². The first-order valence-electron chi connectivity index (χ1n) is 7.56. The lowest BCUT2D eigenvalue weighted by Crippen LogP contribution is -1.90. The molecule has 122 valence electrons. The number of nitrogens with one attached hydrogen (secondary N) is 2. The predicted molar refractivity (Wildman–Crippen MR) is 103 cm³/mol. The van der Waals surface area contributed by atoms with Gasteiger partial charge in [0, 0.05) is 45.3 Å². The number of fused-ring (bicyclic) bond motifs is 1. The van der Waals surface area contributed by atoms with Gasteiger partial charge in [0.25, 0.3) is 0 Å². The maximum Gasteiger partial charge on any atom is 0.187 e. The minimum atomic E-state index is 0.502. The minimum absolute atomic E-state index is 0.502. The van der Waals surface area contributed by atoms with Gasteiger partial charge < -0.3 is 10.3 Å². The standard InChI is InChI=1S/C18H13N5S2/c1-11-9-24-17(22-11)12(6-19)7-21-18-23-16(10-25-18)14-8-20-15-5-3-2-4-13(14)15/h2-5,7-10,20H,1H3,(H,21,23)/b12-7+. The van der Waals surface area contributed by atoms with Gasteiger partial charge in [-0.15, -0.1) is 22.7 Å². The van der Waals surface area contributed by atoms with Crippen LogP contribution in [0.4, 0.5) is 5.13 Å². The van der Waals surface area contributed by atoms with Gasteiger partial charge in [0.05, 0.1) is 5.69 Å². The van der Waals surface area contributed by atoms with E-state index in [2.05, 4.69) is 32.4 Å². The average Bonchev–Trinajstić information content (AvgIpc) is 3.35. The van der Waals surface area contributed by atoms with E-state index in [1.54, 1.807) is 6.20 Å². The van der Waals surface area contributed by atoms with Crippen LogP contribution in [0, 0.1) is 18.3 Å². The van der Waals surface area contributed by atoms with Gasteiger partial charge in [0.15, 0.2) is 5.13 Å². The van der Waals surface area contributed by atoms with Gasteiger partial charge in [-0.2, -0.15) is 5.26 Å². The van der Waals surface area contributed by atoms with Gasteiger partial charge in [-0.25, -0.2) is 9.97 Å². The van der Waals surface area contributed by atoms with Crippen LogP contribution in [0.5, 0.6) is 0 Å². The van der Waals surface area contributed by atoms with E-state index in [9.17, 15) is 5.26 Å². The molecule has 0 aliphatic rings. The number of allylic oxidation sites excluding steroid dienone is 1. The van der Waals surface area contributed by atoms with Crippen molar-refractivity contribution in [1.29, 1.82) is 5.26 Å². The number of para-hydroxylation sites is 1. The molecule has 0 spiro atoms. The molecular weight excluding hydrogens is 350 g/mol. The quantitative estimate of drug-likeness (QED) is 0.498. The summed E-state index contributed by atoms with van der Waals surface area (Å²) in [4.78, 5) is 12.2. The van der Waals surface area contributed by atoms with Gasteiger partial charge >= 0.3 is 0 Å². The lowest BCUT2D eigenvalue weighted by atomic mass is 10.1. The Morgan fingerprint density at radius 3 is 2.92 bits per heavy atom. The Balaban J connectivity index is 1.59. The molecule has 7 heteroatoms. The summed E-state index contributed by atoms with van der Waals surface area (Å²) in [6.07, 6.45) is 3.63. The number of benzene rings is 1. The van der Waals surface area contributed by atoms with Crippen molar-refractivity contribution in [2.24, 2.45) is 0 Å². The number of hydrogen-bond donors (Lipinski definition) is 2. The Morgan fingerprint density at radius 1 is 1.24 bits per heavy atom. The maximum atomic E-state index is 9.33. The summed E-state index contributed by atoms with van der Waals surface area (Å²) in [7, 11) is 0. The Kier molecular flexibility index (Phi) is 4.06. The molecule has 2 N–H and O–H groups in total. The molecule has 0 atom stereocenters. The zero-order valence-electron chi connectivity index (χ0n) is 13.3. The highest BCUT2D eigenvalue weighted by Crippen LogP contribution is 2.31. The van der Waals surface area contributed by atoms with E-state index in [1.807, 2.05) is 42.1 Å². The molecule has 0 amide bonds. The predicted octanol–water partition coefficient (Wildman–Crippen LogP) is 5.03. The molecule has 5 nitrogen and oxygen atoms in total. The van der Waals surface area contributed by atoms with Crippen molar-refractivity contribution in [3.63, 3.8) is 0 Å². The third-order valence-electron chi connectivity index (χ3n) is 3.68. The number of thiazole rings is 2. The van der Waals surface area contributed by atoms with Crippen LogP contribution in [0.2, 0.25) is 0 Å². The molecule has 4 rings (SSSR count). The SMILES string of the molecule is Cc1csc(/C(C#N)=C/Nc2nc(-c3c[nH]c4ccccc34)cs2)n1. The molecular formula is C18H13N5S2. The second-order valence-electron chi connectivity index (χ2n) is 5.39. The molecule has 0 saturated carbocycles. The molecule has 0 saturated heterocycles. The monoisotopic (exact) mass is 363 g/mol. The van der Waals surface area contributed by atoms with E-state index >= 15 is 0 Å². The second-order valence-corrected chi connectivity index (χ2v) is 7.11. The first-order chi connectivity index (χ1) is 12.2. The summed E-state index contributed by atoms with van der Waals surface area (Å²) in [5.74, 6) is 0. The van der Waals surface area contributed by atoms with Crippen molar-refractivity contribution in [2.75, 3.05) is 5.32 Å². The Bertz CT molecular complexity index is 1110. The second kappa shape index (κ2) is 6.51. The largest absolute Gasteiger partial charge is 0.360 e. The lowest BCUT2D eigenvalue weighted by molar-refractivity contribution is 1.24. The van der Waals surface area contributed by atoms with E-state index in [0.29, 0.717) is 10.6 Å². The van der Waals surface area contributed by atoms with Crippen molar-refractivity contribution < 1.29 is 0 Å². The first kappa shape index (κ1) is 15.6. The minimum Gasteiger partial charge on any atom is -0.360 e. The van der Waals surface area contributed by atoms with Crippen LogP contribution in [0.15, 0.2) is 47.4 Å². The van der Waals surface area contributed by atoms with Crippen molar-refractivity contribution in [3.05, 3.63) is 58.1 Å². The Morgan fingerprint density at radius 2 is 2.12 bits per heavy atom. The van der Waals surface area contributed by atoms with Crippen molar-refractivity contribution in [2.45, 2.75) is 6.92 Å². The highest BCUT2D eigenvalue weighted by atomic mass is 32.1. The Hall–Kier alpha value is -2.95. The zero-order chi connectivity index (χ0) is 17.2. The summed E-state index contributed by atoms with van der Waals surface area (Å²) in [6.45, 7) is 1.91. The van der Waals surface area contributed by atoms with Gasteiger partial charge in [0.2, 0.25) is 0 Å². The zero-order valence-corrected chi connectivity index (χ0v) is 14.9. The van der Waals surface area contributed by atoms with Gasteiger partial charge in [-0.3, -0.25) is 0 Å². The van der Waals surface area contributed by atoms with E-state index in [4.69, 9.17) is 0 Å². The number of anilines is 1. The normalized spacial score (nSPS) is 11.6. The highest BCUT2D eigenvalue weighted by molar-refractivity contribution is 7.14. The van der Waals surface area contributed by atoms with Crippen molar-refractivity contribution in [3.8, 4) is 17.3 Å². The molecule has 0 fully saturated rings. The maximum absolute atomic E-state index is 9.33. The number of aromatic amines is 1. The molecule has 0 aliphatic heterocycles. The van der Waals surface area contributed by atoms with Crippen LogP contribution in [-0.2, 0) is 0 Å². The summed E-state index contributed by atoms with van der Waals surface area (Å²) in [6, 6.07) is 10.3. The van der Waals surface area contributed by atoms with Gasteiger partial charge in [-0.1, -0.05) is 18.2 Å². The number of rotatable bonds is 4. The molecule has 1 aromatic carbocycles. The van der Waals surface area contributed by atoms with Crippen LogP contribution in [0.1, 0.15) is 10.7 Å². The first-order valence-corrected chi connectivity index (χ1v) is 9.32. The summed E-state index contributed by atoms with van der Waals surface area (Å²) in [5.41, 5.74) is 4.48. The fourth-order valence-corrected chi connectivity index (χ4v) is 3.94. The van der Waals surface area contributed by atoms with Crippen LogP contribution >= 0.6 is 22.7 Å². The van der Waals surface area contributed by atoms with Crippen molar-refractivity contribution >= 4 is 44.3 Å². The fraction of sp³-hybridized carbons (Fsp3) is 0.0556. The Labute approximate surface area is 152 Å². The van der Waals surface area contributed by atoms with E-state index < -0.39 is 0 Å². The van der Waals surface area contributed by atoms with Gasteiger partial charge in [0.1, 0.15) is 16.6 Å². The van der Waals surface area contributed by atoms with E-state index in [0.717, 1.165) is 33.0 Å². The smallest absolute Gasteiger partial charge is 0.187 e.